The minimum atomic E-state index is 0.0228. The van der Waals surface area contributed by atoms with E-state index in [0.29, 0.717) is 5.56 Å². The fourth-order valence-corrected chi connectivity index (χ4v) is 2.88. The number of fused-ring (bicyclic) bond motifs is 1. The van der Waals surface area contributed by atoms with E-state index >= 15 is 0 Å². The minimum Gasteiger partial charge on any atom is -0.384 e. The third-order valence-electron chi connectivity index (χ3n) is 2.87. The highest BCUT2D eigenvalue weighted by Crippen LogP contribution is 2.30. The molecule has 3 aromatic rings. The van der Waals surface area contributed by atoms with Crippen LogP contribution in [0.25, 0.3) is 10.9 Å². The molecule has 0 amide bonds. The molecule has 0 radical (unpaired) electrons. The molecule has 1 aromatic carbocycles. The number of nitrogens with one attached hydrogen (secondary N) is 1. The van der Waals surface area contributed by atoms with Gasteiger partial charge in [0.2, 0.25) is 0 Å². The predicted molar refractivity (Wildman–Crippen MR) is 80.1 cm³/mol. The Labute approximate surface area is 120 Å². The third-order valence-corrected chi connectivity index (χ3v) is 3.83. The standard InChI is InChI=1S/C14H13N5S/c1-19-8-10(7-17-19)20-14-11(13(15)16)6-9-4-2-3-5-12(9)18-14/h2-8H,1H3,(H3,15,16). The second-order valence-corrected chi connectivity index (χ2v) is 5.46. The predicted octanol–water partition coefficient (Wildman–Crippen LogP) is 2.40. The Morgan fingerprint density at radius 1 is 1.35 bits per heavy atom. The Hall–Kier alpha value is -2.34. The first-order valence-electron chi connectivity index (χ1n) is 6.04. The van der Waals surface area contributed by atoms with Crippen molar-refractivity contribution >= 4 is 28.5 Å². The Morgan fingerprint density at radius 2 is 2.15 bits per heavy atom. The Balaban J connectivity index is 2.11. The molecule has 20 heavy (non-hydrogen) atoms. The van der Waals surface area contributed by atoms with Crippen LogP contribution in [0.15, 0.2) is 52.6 Å². The zero-order chi connectivity index (χ0) is 14.1. The number of aromatic nitrogens is 3. The van der Waals surface area contributed by atoms with E-state index in [1.807, 2.05) is 43.6 Å². The lowest BCUT2D eigenvalue weighted by molar-refractivity contribution is 0.766. The zero-order valence-corrected chi connectivity index (χ0v) is 11.7. The van der Waals surface area contributed by atoms with Crippen molar-refractivity contribution < 1.29 is 0 Å². The van der Waals surface area contributed by atoms with Gasteiger partial charge in [-0.25, -0.2) is 4.98 Å². The van der Waals surface area contributed by atoms with Crippen LogP contribution in [0.1, 0.15) is 5.56 Å². The number of rotatable bonds is 3. The second-order valence-electron chi connectivity index (χ2n) is 4.40. The van der Waals surface area contributed by atoms with Crippen molar-refractivity contribution in [3.05, 3.63) is 48.3 Å². The van der Waals surface area contributed by atoms with E-state index in [1.54, 1.807) is 10.9 Å². The first-order chi connectivity index (χ1) is 9.63. The van der Waals surface area contributed by atoms with E-state index in [4.69, 9.17) is 11.1 Å². The number of benzene rings is 1. The first kappa shape index (κ1) is 12.7. The molecule has 0 saturated carbocycles. The van der Waals surface area contributed by atoms with E-state index in [-0.39, 0.29) is 5.84 Å². The van der Waals surface area contributed by atoms with Gasteiger partial charge in [-0.15, -0.1) is 0 Å². The van der Waals surface area contributed by atoms with Crippen LogP contribution >= 0.6 is 11.8 Å². The number of amidine groups is 1. The monoisotopic (exact) mass is 283 g/mol. The van der Waals surface area contributed by atoms with Gasteiger partial charge in [-0.2, -0.15) is 5.10 Å². The number of hydrogen-bond donors (Lipinski definition) is 2. The van der Waals surface area contributed by atoms with Crippen molar-refractivity contribution in [2.45, 2.75) is 9.92 Å². The number of nitrogens with two attached hydrogens (primary N) is 1. The lowest BCUT2D eigenvalue weighted by atomic mass is 10.1. The summed E-state index contributed by atoms with van der Waals surface area (Å²) in [7, 11) is 1.86. The van der Waals surface area contributed by atoms with E-state index < -0.39 is 0 Å². The molecule has 5 nitrogen and oxygen atoms in total. The highest BCUT2D eigenvalue weighted by atomic mass is 32.2. The van der Waals surface area contributed by atoms with Crippen LogP contribution in [0.5, 0.6) is 0 Å². The molecule has 0 aliphatic carbocycles. The molecule has 0 atom stereocenters. The van der Waals surface area contributed by atoms with E-state index in [2.05, 4.69) is 10.1 Å². The van der Waals surface area contributed by atoms with Crippen LogP contribution in [-0.4, -0.2) is 20.6 Å². The van der Waals surface area contributed by atoms with Crippen molar-refractivity contribution in [1.82, 2.24) is 14.8 Å². The molecule has 0 fully saturated rings. The summed E-state index contributed by atoms with van der Waals surface area (Å²) in [5.74, 6) is 0.0228. The average molecular weight is 283 g/mol. The smallest absolute Gasteiger partial charge is 0.125 e. The third kappa shape index (κ3) is 2.37. The summed E-state index contributed by atoms with van der Waals surface area (Å²) in [5, 5.41) is 13.6. The molecule has 0 bridgehead atoms. The SMILES string of the molecule is Cn1cc(Sc2nc3ccccc3cc2C(=N)N)cn1. The molecule has 0 aliphatic heterocycles. The largest absolute Gasteiger partial charge is 0.384 e. The molecule has 6 heteroatoms. The number of para-hydroxylation sites is 1. The number of pyridine rings is 1. The van der Waals surface area contributed by atoms with Gasteiger partial charge < -0.3 is 5.73 Å². The van der Waals surface area contributed by atoms with Gasteiger partial charge in [0.1, 0.15) is 10.9 Å². The molecule has 0 unspecified atom stereocenters. The molecule has 2 heterocycles. The fourth-order valence-electron chi connectivity index (χ4n) is 1.93. The van der Waals surface area contributed by atoms with Gasteiger partial charge in [0.25, 0.3) is 0 Å². The quantitative estimate of drug-likeness (QED) is 0.571. The van der Waals surface area contributed by atoms with Gasteiger partial charge >= 0.3 is 0 Å². The Morgan fingerprint density at radius 3 is 2.85 bits per heavy atom. The van der Waals surface area contributed by atoms with Crippen molar-refractivity contribution in [1.29, 1.82) is 5.41 Å². The molecule has 3 N–H and O–H groups in total. The summed E-state index contributed by atoms with van der Waals surface area (Å²) in [6.45, 7) is 0. The fraction of sp³-hybridized carbons (Fsp3) is 0.0714. The zero-order valence-electron chi connectivity index (χ0n) is 10.9. The number of nitrogen functional groups attached to an aromatic ring is 1. The van der Waals surface area contributed by atoms with E-state index in [0.717, 1.165) is 20.8 Å². The lowest BCUT2D eigenvalue weighted by Crippen LogP contribution is -2.13. The van der Waals surface area contributed by atoms with Gasteiger partial charge in [-0.3, -0.25) is 10.1 Å². The summed E-state index contributed by atoms with van der Waals surface area (Å²) in [6, 6.07) is 9.71. The van der Waals surface area contributed by atoms with Crippen LogP contribution in [0, 0.1) is 5.41 Å². The van der Waals surface area contributed by atoms with Crippen LogP contribution in [0.2, 0.25) is 0 Å². The van der Waals surface area contributed by atoms with Gasteiger partial charge in [0, 0.05) is 24.2 Å². The van der Waals surface area contributed by atoms with Crippen LogP contribution in [0.4, 0.5) is 0 Å². The number of aryl methyl sites for hydroxylation is 1. The van der Waals surface area contributed by atoms with Crippen LogP contribution < -0.4 is 5.73 Å². The average Bonchev–Trinajstić information content (AvgIpc) is 2.83. The summed E-state index contributed by atoms with van der Waals surface area (Å²) in [6.07, 6.45) is 3.68. The highest BCUT2D eigenvalue weighted by molar-refractivity contribution is 7.99. The molecule has 0 aliphatic rings. The first-order valence-corrected chi connectivity index (χ1v) is 6.86. The van der Waals surface area contributed by atoms with E-state index in [9.17, 15) is 0 Å². The second kappa shape index (κ2) is 4.97. The van der Waals surface area contributed by atoms with Crippen molar-refractivity contribution in [3.8, 4) is 0 Å². The molecular weight excluding hydrogens is 270 g/mol. The van der Waals surface area contributed by atoms with E-state index in [1.165, 1.54) is 11.8 Å². The van der Waals surface area contributed by atoms with Gasteiger partial charge in [-0.1, -0.05) is 30.0 Å². The topological polar surface area (TPSA) is 80.6 Å². The number of nitrogens with zero attached hydrogens (tertiary/aromatic N) is 3. The highest BCUT2D eigenvalue weighted by Gasteiger charge is 2.11. The molecule has 0 saturated heterocycles. The maximum absolute atomic E-state index is 7.73. The molecular formula is C14H13N5S. The lowest BCUT2D eigenvalue weighted by Gasteiger charge is -2.08. The molecule has 100 valence electrons. The normalized spacial score (nSPS) is 10.8. The molecule has 3 rings (SSSR count). The van der Waals surface area contributed by atoms with Crippen LogP contribution in [0.3, 0.4) is 0 Å². The summed E-state index contributed by atoms with van der Waals surface area (Å²) >= 11 is 1.46. The van der Waals surface area contributed by atoms with Crippen LogP contribution in [-0.2, 0) is 7.05 Å². The van der Waals surface area contributed by atoms with Gasteiger partial charge in [-0.05, 0) is 12.1 Å². The number of hydrogen-bond acceptors (Lipinski definition) is 4. The Bertz CT molecular complexity index is 793. The van der Waals surface area contributed by atoms with Crippen molar-refractivity contribution in [2.24, 2.45) is 12.8 Å². The van der Waals surface area contributed by atoms with Gasteiger partial charge in [0.15, 0.2) is 0 Å². The maximum Gasteiger partial charge on any atom is 0.125 e. The summed E-state index contributed by atoms with van der Waals surface area (Å²) in [4.78, 5) is 5.58. The summed E-state index contributed by atoms with van der Waals surface area (Å²) < 4.78 is 1.73. The molecule has 0 spiro atoms. The minimum absolute atomic E-state index is 0.0228. The Kier molecular flexibility index (Phi) is 3.15. The molecule has 2 aromatic heterocycles. The van der Waals surface area contributed by atoms with Crippen molar-refractivity contribution in [2.75, 3.05) is 0 Å². The van der Waals surface area contributed by atoms with Crippen molar-refractivity contribution in [3.63, 3.8) is 0 Å². The maximum atomic E-state index is 7.73. The van der Waals surface area contributed by atoms with Gasteiger partial charge in [0.05, 0.1) is 16.6 Å². The summed E-state index contributed by atoms with van der Waals surface area (Å²) in [5.41, 5.74) is 7.22.